The summed E-state index contributed by atoms with van der Waals surface area (Å²) >= 11 is 0. The topological polar surface area (TPSA) is 42.4 Å². The van der Waals surface area contributed by atoms with Crippen LogP contribution in [0.3, 0.4) is 0 Å². The molecule has 0 radical (unpaired) electrons. The number of aliphatic hydroxyl groups excluding tert-OH is 1. The lowest BCUT2D eigenvalue weighted by atomic mass is 10.0. The average molecular weight is 243 g/mol. The monoisotopic (exact) mass is 243 g/mol. The number of ether oxygens (including phenoxy) is 1. The molecular formula is C15H17NO2. The van der Waals surface area contributed by atoms with Crippen LogP contribution in [0.2, 0.25) is 0 Å². The zero-order chi connectivity index (χ0) is 13.0. The second-order valence-electron chi connectivity index (χ2n) is 4.46. The number of benzene rings is 1. The SMILES string of the molecule is CC(C)c1cccc(Oc2ncccc2CO)c1. The molecule has 94 valence electrons. The zero-order valence-corrected chi connectivity index (χ0v) is 10.6. The van der Waals surface area contributed by atoms with Crippen molar-refractivity contribution in [2.75, 3.05) is 0 Å². The lowest BCUT2D eigenvalue weighted by Crippen LogP contribution is -1.95. The number of nitrogens with zero attached hydrogens (tertiary/aromatic N) is 1. The first-order valence-electron chi connectivity index (χ1n) is 6.03. The third-order valence-corrected chi connectivity index (χ3v) is 2.76. The fraction of sp³-hybridized carbons (Fsp3) is 0.267. The maximum atomic E-state index is 9.22. The summed E-state index contributed by atoms with van der Waals surface area (Å²) in [7, 11) is 0. The molecule has 0 amide bonds. The average Bonchev–Trinajstić information content (AvgIpc) is 2.39. The summed E-state index contributed by atoms with van der Waals surface area (Å²) in [6.45, 7) is 4.20. The van der Waals surface area contributed by atoms with Crippen LogP contribution in [0.1, 0.15) is 30.9 Å². The minimum atomic E-state index is -0.0763. The third-order valence-electron chi connectivity index (χ3n) is 2.76. The Morgan fingerprint density at radius 1 is 1.22 bits per heavy atom. The fourth-order valence-electron chi connectivity index (χ4n) is 1.69. The normalized spacial score (nSPS) is 10.7. The molecule has 0 atom stereocenters. The van der Waals surface area contributed by atoms with Gasteiger partial charge in [-0.2, -0.15) is 0 Å². The number of pyridine rings is 1. The Morgan fingerprint density at radius 3 is 2.78 bits per heavy atom. The van der Waals surface area contributed by atoms with Crippen molar-refractivity contribution in [1.29, 1.82) is 0 Å². The molecule has 0 aliphatic carbocycles. The fourth-order valence-corrected chi connectivity index (χ4v) is 1.69. The molecule has 3 nitrogen and oxygen atoms in total. The largest absolute Gasteiger partial charge is 0.439 e. The molecule has 0 spiro atoms. The lowest BCUT2D eigenvalue weighted by molar-refractivity contribution is 0.275. The molecule has 1 aromatic heterocycles. The van der Waals surface area contributed by atoms with Gasteiger partial charge in [0.25, 0.3) is 0 Å². The van der Waals surface area contributed by atoms with Crippen molar-refractivity contribution in [2.24, 2.45) is 0 Å². The van der Waals surface area contributed by atoms with Crippen LogP contribution in [0, 0.1) is 0 Å². The quantitative estimate of drug-likeness (QED) is 0.893. The van der Waals surface area contributed by atoms with Crippen LogP contribution >= 0.6 is 0 Å². The Balaban J connectivity index is 2.25. The molecule has 3 heteroatoms. The molecular weight excluding hydrogens is 226 g/mol. The van der Waals surface area contributed by atoms with E-state index in [1.165, 1.54) is 5.56 Å². The molecule has 2 rings (SSSR count). The minimum absolute atomic E-state index is 0.0763. The van der Waals surface area contributed by atoms with E-state index in [1.54, 1.807) is 18.3 Å². The Kier molecular flexibility index (Phi) is 3.95. The van der Waals surface area contributed by atoms with E-state index in [2.05, 4.69) is 24.9 Å². The Morgan fingerprint density at radius 2 is 2.06 bits per heavy atom. The Labute approximate surface area is 107 Å². The molecule has 0 saturated heterocycles. The molecule has 1 heterocycles. The van der Waals surface area contributed by atoms with Gasteiger partial charge in [0, 0.05) is 11.8 Å². The number of rotatable bonds is 4. The maximum Gasteiger partial charge on any atom is 0.224 e. The summed E-state index contributed by atoms with van der Waals surface area (Å²) in [5.74, 6) is 1.66. The van der Waals surface area contributed by atoms with Crippen LogP contribution in [-0.4, -0.2) is 10.1 Å². The molecule has 0 fully saturated rings. The maximum absolute atomic E-state index is 9.22. The second kappa shape index (κ2) is 5.65. The molecule has 0 aliphatic heterocycles. The summed E-state index contributed by atoms with van der Waals surface area (Å²) < 4.78 is 5.72. The van der Waals surface area contributed by atoms with Gasteiger partial charge >= 0.3 is 0 Å². The van der Waals surface area contributed by atoms with Crippen molar-refractivity contribution >= 4 is 0 Å². The van der Waals surface area contributed by atoms with Gasteiger partial charge in [0.2, 0.25) is 5.88 Å². The van der Waals surface area contributed by atoms with Gasteiger partial charge in [0.05, 0.1) is 6.61 Å². The summed E-state index contributed by atoms with van der Waals surface area (Å²) in [5.41, 5.74) is 1.90. The van der Waals surface area contributed by atoms with E-state index >= 15 is 0 Å². The molecule has 18 heavy (non-hydrogen) atoms. The lowest BCUT2D eigenvalue weighted by Gasteiger charge is -2.10. The van der Waals surface area contributed by atoms with Crippen LogP contribution in [0.25, 0.3) is 0 Å². The smallest absolute Gasteiger partial charge is 0.224 e. The molecule has 1 N–H and O–H groups in total. The Bertz CT molecular complexity index is 523. The van der Waals surface area contributed by atoms with E-state index in [-0.39, 0.29) is 6.61 Å². The van der Waals surface area contributed by atoms with Crippen molar-refractivity contribution in [3.05, 3.63) is 53.7 Å². The van der Waals surface area contributed by atoms with Crippen LogP contribution in [0.4, 0.5) is 0 Å². The second-order valence-corrected chi connectivity index (χ2v) is 4.46. The zero-order valence-electron chi connectivity index (χ0n) is 10.6. The van der Waals surface area contributed by atoms with Gasteiger partial charge in [0.1, 0.15) is 5.75 Å². The number of aromatic nitrogens is 1. The predicted molar refractivity (Wildman–Crippen MR) is 70.8 cm³/mol. The summed E-state index contributed by atoms with van der Waals surface area (Å²) in [6.07, 6.45) is 1.65. The minimum Gasteiger partial charge on any atom is -0.439 e. The summed E-state index contributed by atoms with van der Waals surface area (Å²) in [5, 5.41) is 9.22. The van der Waals surface area contributed by atoms with Crippen LogP contribution < -0.4 is 4.74 Å². The molecule has 0 saturated carbocycles. The van der Waals surface area contributed by atoms with Crippen molar-refractivity contribution in [3.63, 3.8) is 0 Å². The van der Waals surface area contributed by atoms with Gasteiger partial charge in [-0.3, -0.25) is 0 Å². The van der Waals surface area contributed by atoms with E-state index in [9.17, 15) is 5.11 Å². The van der Waals surface area contributed by atoms with Crippen molar-refractivity contribution in [3.8, 4) is 11.6 Å². The molecule has 0 bridgehead atoms. The standard InChI is InChI=1S/C15H17NO2/c1-11(2)12-5-3-7-14(9-12)18-15-13(10-17)6-4-8-16-15/h3-9,11,17H,10H2,1-2H3. The van der Waals surface area contributed by atoms with Crippen LogP contribution in [-0.2, 0) is 6.61 Å². The summed E-state index contributed by atoms with van der Waals surface area (Å²) in [4.78, 5) is 4.14. The van der Waals surface area contributed by atoms with Gasteiger partial charge in [-0.25, -0.2) is 4.98 Å². The van der Waals surface area contributed by atoms with Crippen LogP contribution in [0.5, 0.6) is 11.6 Å². The van der Waals surface area contributed by atoms with Crippen molar-refractivity contribution in [1.82, 2.24) is 4.98 Å². The van der Waals surface area contributed by atoms with Gasteiger partial charge < -0.3 is 9.84 Å². The first-order valence-corrected chi connectivity index (χ1v) is 6.03. The van der Waals surface area contributed by atoms with E-state index in [1.807, 2.05) is 18.2 Å². The van der Waals surface area contributed by atoms with E-state index in [4.69, 9.17) is 4.74 Å². The highest BCUT2D eigenvalue weighted by Gasteiger charge is 2.06. The van der Waals surface area contributed by atoms with E-state index in [0.717, 1.165) is 5.75 Å². The highest BCUT2D eigenvalue weighted by molar-refractivity contribution is 5.35. The highest BCUT2D eigenvalue weighted by Crippen LogP contribution is 2.26. The van der Waals surface area contributed by atoms with Crippen LogP contribution in [0.15, 0.2) is 42.6 Å². The van der Waals surface area contributed by atoms with Crippen molar-refractivity contribution < 1.29 is 9.84 Å². The number of hydrogen-bond acceptors (Lipinski definition) is 3. The highest BCUT2D eigenvalue weighted by atomic mass is 16.5. The molecule has 0 unspecified atom stereocenters. The number of aliphatic hydroxyl groups is 1. The van der Waals surface area contributed by atoms with E-state index in [0.29, 0.717) is 17.4 Å². The van der Waals surface area contributed by atoms with Gasteiger partial charge in [-0.05, 0) is 35.7 Å². The predicted octanol–water partition coefficient (Wildman–Crippen LogP) is 3.49. The summed E-state index contributed by atoms with van der Waals surface area (Å²) in [6, 6.07) is 11.5. The van der Waals surface area contributed by atoms with Crippen molar-refractivity contribution in [2.45, 2.75) is 26.4 Å². The Hall–Kier alpha value is -1.87. The van der Waals surface area contributed by atoms with Gasteiger partial charge in [-0.15, -0.1) is 0 Å². The molecule has 1 aromatic carbocycles. The van der Waals surface area contributed by atoms with Gasteiger partial charge in [-0.1, -0.05) is 26.0 Å². The van der Waals surface area contributed by atoms with E-state index < -0.39 is 0 Å². The third kappa shape index (κ3) is 2.87. The molecule has 2 aromatic rings. The first-order chi connectivity index (χ1) is 8.70. The van der Waals surface area contributed by atoms with Gasteiger partial charge in [0.15, 0.2) is 0 Å². The molecule has 0 aliphatic rings. The first kappa shape index (κ1) is 12.6. The number of hydrogen-bond donors (Lipinski definition) is 1.